The van der Waals surface area contributed by atoms with Crippen LogP contribution in [0.2, 0.25) is 0 Å². The van der Waals surface area contributed by atoms with E-state index in [0.717, 1.165) is 25.9 Å². The zero-order chi connectivity index (χ0) is 13.2. The number of nitrogens with one attached hydrogen (secondary N) is 1. The van der Waals surface area contributed by atoms with Crippen molar-refractivity contribution >= 4 is 10.2 Å². The van der Waals surface area contributed by atoms with Gasteiger partial charge in [0.15, 0.2) is 0 Å². The van der Waals surface area contributed by atoms with Gasteiger partial charge < -0.3 is 10.2 Å². The van der Waals surface area contributed by atoms with Crippen molar-refractivity contribution in [2.45, 2.75) is 18.9 Å². The fourth-order valence-electron chi connectivity index (χ4n) is 2.56. The third-order valence-electron chi connectivity index (χ3n) is 3.81. The van der Waals surface area contributed by atoms with Crippen LogP contribution in [0.5, 0.6) is 0 Å². The quantitative estimate of drug-likeness (QED) is 0.730. The summed E-state index contributed by atoms with van der Waals surface area (Å²) < 4.78 is 28.3. The van der Waals surface area contributed by atoms with Crippen LogP contribution < -0.4 is 5.32 Å². The maximum absolute atomic E-state index is 12.5. The molecule has 18 heavy (non-hydrogen) atoms. The second kappa shape index (κ2) is 5.83. The van der Waals surface area contributed by atoms with Crippen molar-refractivity contribution in [3.63, 3.8) is 0 Å². The molecule has 0 spiro atoms. The molecule has 1 N–H and O–H groups in total. The Labute approximate surface area is 110 Å². The summed E-state index contributed by atoms with van der Waals surface area (Å²) in [5.41, 5.74) is 0. The molecule has 2 rings (SSSR count). The van der Waals surface area contributed by atoms with Gasteiger partial charge in [0.05, 0.1) is 0 Å². The van der Waals surface area contributed by atoms with Crippen molar-refractivity contribution in [1.82, 2.24) is 18.8 Å². The molecule has 0 radical (unpaired) electrons. The van der Waals surface area contributed by atoms with Crippen LogP contribution in [-0.2, 0) is 10.2 Å². The maximum atomic E-state index is 12.5. The highest BCUT2D eigenvalue weighted by Crippen LogP contribution is 2.19. The molecular formula is C11H24N4O2S. The van der Waals surface area contributed by atoms with Gasteiger partial charge in [-0.15, -0.1) is 0 Å². The summed E-state index contributed by atoms with van der Waals surface area (Å²) in [6.45, 7) is 4.16. The van der Waals surface area contributed by atoms with Crippen LogP contribution in [-0.4, -0.2) is 81.3 Å². The highest BCUT2D eigenvalue weighted by Gasteiger charge is 2.36. The fourth-order valence-corrected chi connectivity index (χ4v) is 4.26. The Morgan fingerprint density at radius 1 is 1.11 bits per heavy atom. The Balaban J connectivity index is 2.02. The molecule has 0 aromatic carbocycles. The van der Waals surface area contributed by atoms with Gasteiger partial charge in [0, 0.05) is 38.8 Å². The molecule has 1 unspecified atom stereocenters. The molecule has 0 amide bonds. The van der Waals surface area contributed by atoms with Gasteiger partial charge in [-0.05, 0) is 33.5 Å². The van der Waals surface area contributed by atoms with Crippen LogP contribution in [0, 0.1) is 0 Å². The Morgan fingerprint density at radius 2 is 1.89 bits per heavy atom. The minimum atomic E-state index is -3.25. The van der Waals surface area contributed by atoms with E-state index >= 15 is 0 Å². The Morgan fingerprint density at radius 3 is 2.56 bits per heavy atom. The van der Waals surface area contributed by atoms with Gasteiger partial charge in [-0.25, -0.2) is 0 Å². The lowest BCUT2D eigenvalue weighted by Crippen LogP contribution is -2.45. The monoisotopic (exact) mass is 276 g/mol. The molecule has 2 aliphatic heterocycles. The van der Waals surface area contributed by atoms with E-state index in [-0.39, 0.29) is 0 Å². The van der Waals surface area contributed by atoms with E-state index in [4.69, 9.17) is 0 Å². The molecule has 6 nitrogen and oxygen atoms in total. The van der Waals surface area contributed by atoms with Crippen molar-refractivity contribution in [3.8, 4) is 0 Å². The van der Waals surface area contributed by atoms with Crippen LogP contribution >= 0.6 is 0 Å². The molecule has 0 aliphatic carbocycles. The molecule has 1 atom stereocenters. The molecule has 106 valence electrons. The second-order valence-electron chi connectivity index (χ2n) is 5.27. The van der Waals surface area contributed by atoms with Gasteiger partial charge in [0.2, 0.25) is 0 Å². The average molecular weight is 276 g/mol. The summed E-state index contributed by atoms with van der Waals surface area (Å²) in [6, 6.07) is 0.352. The lowest BCUT2D eigenvalue weighted by molar-refractivity contribution is 0.296. The third-order valence-corrected chi connectivity index (χ3v) is 5.81. The number of rotatable bonds is 3. The summed E-state index contributed by atoms with van der Waals surface area (Å²) in [6.07, 6.45) is 1.82. The lowest BCUT2D eigenvalue weighted by atomic mass is 10.2. The van der Waals surface area contributed by atoms with Crippen molar-refractivity contribution in [2.24, 2.45) is 0 Å². The molecule has 2 fully saturated rings. The van der Waals surface area contributed by atoms with E-state index in [2.05, 4.69) is 10.2 Å². The van der Waals surface area contributed by atoms with Gasteiger partial charge in [0.25, 0.3) is 10.2 Å². The van der Waals surface area contributed by atoms with Crippen LogP contribution in [0.3, 0.4) is 0 Å². The van der Waals surface area contributed by atoms with Gasteiger partial charge >= 0.3 is 0 Å². The van der Waals surface area contributed by atoms with E-state index in [1.54, 1.807) is 8.61 Å². The van der Waals surface area contributed by atoms with E-state index < -0.39 is 10.2 Å². The topological polar surface area (TPSA) is 55.9 Å². The van der Waals surface area contributed by atoms with Gasteiger partial charge in [-0.2, -0.15) is 17.0 Å². The molecule has 2 aliphatic rings. The van der Waals surface area contributed by atoms with Crippen molar-refractivity contribution in [3.05, 3.63) is 0 Å². The van der Waals surface area contributed by atoms with Crippen LogP contribution in [0.1, 0.15) is 12.8 Å². The van der Waals surface area contributed by atoms with Crippen LogP contribution in [0.15, 0.2) is 0 Å². The molecule has 7 heteroatoms. The molecular weight excluding hydrogens is 252 g/mol. The Bertz CT molecular complexity index is 363. The van der Waals surface area contributed by atoms with E-state index in [1.807, 2.05) is 14.1 Å². The van der Waals surface area contributed by atoms with Gasteiger partial charge in [-0.1, -0.05) is 0 Å². The summed E-state index contributed by atoms with van der Waals surface area (Å²) in [7, 11) is 0.770. The first-order valence-corrected chi connectivity index (χ1v) is 8.04. The second-order valence-corrected chi connectivity index (χ2v) is 7.20. The highest BCUT2D eigenvalue weighted by atomic mass is 32.2. The normalized spacial score (nSPS) is 28.7. The van der Waals surface area contributed by atoms with Gasteiger partial charge in [0.1, 0.15) is 0 Å². The number of nitrogens with zero attached hydrogens (tertiary/aromatic N) is 3. The summed E-state index contributed by atoms with van der Waals surface area (Å²) in [4.78, 5) is 2.11. The summed E-state index contributed by atoms with van der Waals surface area (Å²) in [5.74, 6) is 0. The van der Waals surface area contributed by atoms with Crippen molar-refractivity contribution in [2.75, 3.05) is 53.4 Å². The van der Waals surface area contributed by atoms with Crippen molar-refractivity contribution < 1.29 is 8.42 Å². The minimum Gasteiger partial charge on any atom is -0.315 e. The Hall–Kier alpha value is -0.210. The summed E-state index contributed by atoms with van der Waals surface area (Å²) in [5, 5.41) is 3.23. The molecule has 0 saturated carbocycles. The third kappa shape index (κ3) is 3.03. The zero-order valence-electron chi connectivity index (χ0n) is 11.3. The largest absolute Gasteiger partial charge is 0.315 e. The first kappa shape index (κ1) is 14.2. The molecule has 0 aromatic heterocycles. The minimum absolute atomic E-state index is 0.352. The molecule has 0 aromatic rings. The molecule has 2 saturated heterocycles. The predicted molar refractivity (Wildman–Crippen MR) is 71.6 cm³/mol. The van der Waals surface area contributed by atoms with Crippen LogP contribution in [0.25, 0.3) is 0 Å². The van der Waals surface area contributed by atoms with Crippen LogP contribution in [0.4, 0.5) is 0 Å². The first-order valence-electron chi connectivity index (χ1n) is 6.64. The standard InChI is InChI=1S/C11H24N4O2S/c1-13(2)11-4-8-15(10-11)18(16,17)14-7-3-5-12-6-9-14/h11-12H,3-10H2,1-2H3. The van der Waals surface area contributed by atoms with E-state index in [9.17, 15) is 8.42 Å². The van der Waals surface area contributed by atoms with Gasteiger partial charge in [-0.3, -0.25) is 0 Å². The Kier molecular flexibility index (Phi) is 4.60. The predicted octanol–water partition coefficient (Wildman–Crippen LogP) is -0.838. The zero-order valence-corrected chi connectivity index (χ0v) is 12.1. The lowest BCUT2D eigenvalue weighted by Gasteiger charge is -2.26. The SMILES string of the molecule is CN(C)C1CCN(S(=O)(=O)N2CCCNCC2)C1. The van der Waals surface area contributed by atoms with E-state index in [0.29, 0.717) is 32.2 Å². The summed E-state index contributed by atoms with van der Waals surface area (Å²) >= 11 is 0. The number of hydrogen-bond donors (Lipinski definition) is 1. The first-order chi connectivity index (χ1) is 8.51. The number of likely N-dealkylation sites (N-methyl/N-ethyl adjacent to an activating group) is 1. The molecule has 0 bridgehead atoms. The van der Waals surface area contributed by atoms with E-state index in [1.165, 1.54) is 0 Å². The highest BCUT2D eigenvalue weighted by molar-refractivity contribution is 7.86. The smallest absolute Gasteiger partial charge is 0.282 e. The van der Waals surface area contributed by atoms with Crippen molar-refractivity contribution in [1.29, 1.82) is 0 Å². The number of hydrogen-bond acceptors (Lipinski definition) is 4. The molecule has 2 heterocycles. The average Bonchev–Trinajstić information content (AvgIpc) is 2.66. The fraction of sp³-hybridized carbons (Fsp3) is 1.00. The maximum Gasteiger partial charge on any atom is 0.282 e.